The Balaban J connectivity index is 1.31. The Bertz CT molecular complexity index is 1120. The molecule has 0 unspecified atom stereocenters. The lowest BCUT2D eigenvalue weighted by Crippen LogP contribution is -2.28. The van der Waals surface area contributed by atoms with Crippen molar-refractivity contribution in [1.82, 2.24) is 15.2 Å². The second kappa shape index (κ2) is 7.97. The molecule has 4 aromatic rings. The molecule has 146 valence electrons. The number of thioether (sulfide) groups is 1. The highest BCUT2D eigenvalue weighted by Crippen LogP contribution is 2.36. The average Bonchev–Trinajstić information content (AvgIpc) is 3.56. The van der Waals surface area contributed by atoms with E-state index in [0.29, 0.717) is 23.3 Å². The summed E-state index contributed by atoms with van der Waals surface area (Å²) in [6, 6.07) is 11.4. The maximum atomic E-state index is 13.0. The summed E-state index contributed by atoms with van der Waals surface area (Å²) in [4.78, 5) is 15.0. The molecule has 5 rings (SSSR count). The van der Waals surface area contributed by atoms with Crippen LogP contribution in [0.25, 0.3) is 10.8 Å². The molecule has 0 N–H and O–H groups in total. The van der Waals surface area contributed by atoms with E-state index >= 15 is 0 Å². The number of hydrazone groups is 1. The maximum absolute atomic E-state index is 13.0. The number of aromatic nitrogens is 2. The van der Waals surface area contributed by atoms with E-state index in [4.69, 9.17) is 8.83 Å². The second-order valence-electron chi connectivity index (χ2n) is 6.14. The van der Waals surface area contributed by atoms with Crippen molar-refractivity contribution in [3.8, 4) is 10.8 Å². The van der Waals surface area contributed by atoms with Gasteiger partial charge in [-0.25, -0.2) is 5.01 Å². The molecular weight excluding hydrogens is 428 g/mol. The molecule has 4 aromatic heterocycles. The number of nitrogens with zero attached hydrogens (tertiary/aromatic N) is 4. The van der Waals surface area contributed by atoms with Crippen molar-refractivity contribution in [3.05, 3.63) is 64.1 Å². The third-order valence-electron chi connectivity index (χ3n) is 4.30. The standard InChI is InChI=1S/C19H14N4O3S3/c24-17(11-29-19-21-20-18(26-19)16-6-3-9-28-16)23-13(15-5-2-8-27-15)10-12(22-23)14-4-1-7-25-14/h1-9,13H,10-11H2/t13-/m1/s1. The Kier molecular flexibility index (Phi) is 5.04. The first-order chi connectivity index (χ1) is 14.3. The van der Waals surface area contributed by atoms with Gasteiger partial charge in [-0.2, -0.15) is 5.10 Å². The summed E-state index contributed by atoms with van der Waals surface area (Å²) >= 11 is 4.35. The molecule has 1 atom stereocenters. The topological polar surface area (TPSA) is 84.7 Å². The van der Waals surface area contributed by atoms with Gasteiger partial charge < -0.3 is 8.83 Å². The van der Waals surface area contributed by atoms with Crippen molar-refractivity contribution >= 4 is 46.1 Å². The van der Waals surface area contributed by atoms with Gasteiger partial charge in [-0.1, -0.05) is 23.9 Å². The number of carbonyl (C=O) groups is 1. The Morgan fingerprint density at radius 1 is 1.17 bits per heavy atom. The zero-order valence-electron chi connectivity index (χ0n) is 14.9. The SMILES string of the molecule is O=C(CSc1nnc(-c2cccs2)o1)N1N=C(c2ccco2)C[C@@H]1c1cccs1. The first kappa shape index (κ1) is 18.3. The lowest BCUT2D eigenvalue weighted by atomic mass is 10.1. The van der Waals surface area contributed by atoms with E-state index in [-0.39, 0.29) is 17.7 Å². The predicted octanol–water partition coefficient (Wildman–Crippen LogP) is 4.92. The lowest BCUT2D eigenvalue weighted by molar-refractivity contribution is -0.130. The first-order valence-corrected chi connectivity index (χ1v) is 11.5. The van der Waals surface area contributed by atoms with Gasteiger partial charge in [-0.05, 0) is 35.0 Å². The van der Waals surface area contributed by atoms with Crippen LogP contribution in [0, 0.1) is 0 Å². The number of thiophene rings is 2. The minimum absolute atomic E-state index is 0.120. The second-order valence-corrected chi connectivity index (χ2v) is 8.99. The van der Waals surface area contributed by atoms with Crippen LogP contribution in [0.2, 0.25) is 0 Å². The van der Waals surface area contributed by atoms with Crippen LogP contribution in [0.15, 0.2) is 72.6 Å². The number of rotatable bonds is 6. The molecular formula is C19H14N4O3S3. The van der Waals surface area contributed by atoms with Crippen LogP contribution in [-0.4, -0.2) is 32.6 Å². The van der Waals surface area contributed by atoms with Crippen molar-refractivity contribution in [2.45, 2.75) is 17.7 Å². The smallest absolute Gasteiger partial charge is 0.277 e. The van der Waals surface area contributed by atoms with Gasteiger partial charge in [-0.3, -0.25) is 4.79 Å². The molecule has 1 aliphatic heterocycles. The van der Waals surface area contributed by atoms with Crippen LogP contribution >= 0.6 is 34.4 Å². The predicted molar refractivity (Wildman–Crippen MR) is 112 cm³/mol. The minimum Gasteiger partial charge on any atom is -0.463 e. The van der Waals surface area contributed by atoms with E-state index in [1.807, 2.05) is 47.2 Å². The summed E-state index contributed by atoms with van der Waals surface area (Å²) in [7, 11) is 0. The van der Waals surface area contributed by atoms with E-state index < -0.39 is 0 Å². The summed E-state index contributed by atoms with van der Waals surface area (Å²) in [5.41, 5.74) is 0.768. The van der Waals surface area contributed by atoms with Crippen LogP contribution in [0.4, 0.5) is 0 Å². The molecule has 1 aliphatic rings. The number of furan rings is 1. The van der Waals surface area contributed by atoms with E-state index in [1.54, 1.807) is 22.6 Å². The molecule has 0 spiro atoms. The molecule has 29 heavy (non-hydrogen) atoms. The van der Waals surface area contributed by atoms with Gasteiger partial charge in [0.05, 0.1) is 22.9 Å². The summed E-state index contributed by atoms with van der Waals surface area (Å²) in [6.07, 6.45) is 2.23. The summed E-state index contributed by atoms with van der Waals surface area (Å²) in [6.45, 7) is 0. The molecule has 0 fully saturated rings. The molecule has 0 saturated heterocycles. The van der Waals surface area contributed by atoms with Crippen LogP contribution in [0.3, 0.4) is 0 Å². The molecule has 0 radical (unpaired) electrons. The monoisotopic (exact) mass is 442 g/mol. The van der Waals surface area contributed by atoms with Gasteiger partial charge in [-0.15, -0.1) is 32.9 Å². The highest BCUT2D eigenvalue weighted by Gasteiger charge is 2.34. The molecule has 0 saturated carbocycles. The fourth-order valence-corrected chi connectivity index (χ4v) is 5.06. The average molecular weight is 443 g/mol. The van der Waals surface area contributed by atoms with Gasteiger partial charge in [0.2, 0.25) is 0 Å². The number of hydrogen-bond donors (Lipinski definition) is 0. The van der Waals surface area contributed by atoms with E-state index in [1.165, 1.54) is 23.1 Å². The van der Waals surface area contributed by atoms with Crippen molar-refractivity contribution in [2.75, 3.05) is 5.75 Å². The van der Waals surface area contributed by atoms with Crippen molar-refractivity contribution in [3.63, 3.8) is 0 Å². The molecule has 0 bridgehead atoms. The number of hydrogen-bond acceptors (Lipinski definition) is 9. The fourth-order valence-electron chi connectivity index (χ4n) is 2.99. The normalized spacial score (nSPS) is 16.3. The highest BCUT2D eigenvalue weighted by molar-refractivity contribution is 7.99. The van der Waals surface area contributed by atoms with Crippen molar-refractivity contribution in [1.29, 1.82) is 0 Å². The van der Waals surface area contributed by atoms with Gasteiger partial charge >= 0.3 is 0 Å². The zero-order chi connectivity index (χ0) is 19.6. The van der Waals surface area contributed by atoms with Crippen LogP contribution in [0.1, 0.15) is 23.1 Å². The summed E-state index contributed by atoms with van der Waals surface area (Å²) < 4.78 is 11.1. The molecule has 1 amide bonds. The number of carbonyl (C=O) groups excluding carboxylic acids is 1. The Hall–Kier alpha value is -2.69. The Morgan fingerprint density at radius 2 is 2.07 bits per heavy atom. The van der Waals surface area contributed by atoms with Gasteiger partial charge in [0.15, 0.2) is 0 Å². The summed E-state index contributed by atoms with van der Waals surface area (Å²) in [5.74, 6) is 1.19. The maximum Gasteiger partial charge on any atom is 0.277 e. The Morgan fingerprint density at radius 3 is 2.83 bits per heavy atom. The fraction of sp³-hybridized carbons (Fsp3) is 0.158. The van der Waals surface area contributed by atoms with E-state index in [2.05, 4.69) is 15.3 Å². The zero-order valence-corrected chi connectivity index (χ0v) is 17.4. The third-order valence-corrected chi connectivity index (χ3v) is 6.94. The van der Waals surface area contributed by atoms with E-state index in [0.717, 1.165) is 15.5 Å². The van der Waals surface area contributed by atoms with Gasteiger partial charge in [0.25, 0.3) is 17.0 Å². The van der Waals surface area contributed by atoms with Crippen molar-refractivity contribution < 1.29 is 13.6 Å². The number of amides is 1. The van der Waals surface area contributed by atoms with Gasteiger partial charge in [0, 0.05) is 11.3 Å². The van der Waals surface area contributed by atoms with Crippen LogP contribution < -0.4 is 0 Å². The van der Waals surface area contributed by atoms with Crippen molar-refractivity contribution in [2.24, 2.45) is 5.10 Å². The van der Waals surface area contributed by atoms with Crippen LogP contribution in [0.5, 0.6) is 0 Å². The minimum atomic E-state index is -0.132. The highest BCUT2D eigenvalue weighted by atomic mass is 32.2. The van der Waals surface area contributed by atoms with Gasteiger partial charge in [0.1, 0.15) is 11.5 Å². The molecule has 0 aromatic carbocycles. The molecule has 10 heteroatoms. The largest absolute Gasteiger partial charge is 0.463 e. The first-order valence-electron chi connectivity index (χ1n) is 8.75. The third kappa shape index (κ3) is 3.78. The lowest BCUT2D eigenvalue weighted by Gasteiger charge is -2.20. The molecule has 7 nitrogen and oxygen atoms in total. The molecule has 0 aliphatic carbocycles. The van der Waals surface area contributed by atoms with Crippen LogP contribution in [-0.2, 0) is 4.79 Å². The Labute approximate surface area is 178 Å². The van der Waals surface area contributed by atoms with E-state index in [9.17, 15) is 4.79 Å². The molecule has 5 heterocycles. The quantitative estimate of drug-likeness (QED) is 0.394. The summed E-state index contributed by atoms with van der Waals surface area (Å²) in [5, 5.41) is 18.5.